The first-order valence-electron chi connectivity index (χ1n) is 12.3. The van der Waals surface area contributed by atoms with Crippen molar-refractivity contribution in [3.05, 3.63) is 92.2 Å². The van der Waals surface area contributed by atoms with Crippen LogP contribution in [0, 0.1) is 5.82 Å². The highest BCUT2D eigenvalue weighted by Crippen LogP contribution is 2.56. The normalized spacial score (nSPS) is 23.3. The van der Waals surface area contributed by atoms with Crippen molar-refractivity contribution in [2.24, 2.45) is 0 Å². The van der Waals surface area contributed by atoms with Crippen LogP contribution >= 0.6 is 30.8 Å². The second kappa shape index (κ2) is 10.6. The lowest BCUT2D eigenvalue weighted by Gasteiger charge is -2.30. The summed E-state index contributed by atoms with van der Waals surface area (Å²) in [5.74, 6) is -0.210. The zero-order valence-electron chi connectivity index (χ0n) is 20.5. The molecule has 0 bridgehead atoms. The van der Waals surface area contributed by atoms with Crippen LogP contribution in [0.15, 0.2) is 48.5 Å². The minimum atomic E-state index is -3.52. The molecular formula is C28H28Cl2FO5P. The third-order valence-corrected chi connectivity index (χ3v) is 9.09. The number of fused-ring (bicyclic) bond motifs is 1. The van der Waals surface area contributed by atoms with E-state index in [4.69, 9.17) is 37.0 Å². The van der Waals surface area contributed by atoms with Gasteiger partial charge in [0.25, 0.3) is 0 Å². The van der Waals surface area contributed by atoms with Crippen LogP contribution in [0.1, 0.15) is 72.4 Å². The van der Waals surface area contributed by atoms with Gasteiger partial charge in [-0.05, 0) is 76.9 Å². The Balaban J connectivity index is 1.34. The van der Waals surface area contributed by atoms with E-state index in [1.54, 1.807) is 24.3 Å². The van der Waals surface area contributed by atoms with E-state index < -0.39 is 19.5 Å². The number of phenols is 1. The molecule has 0 spiro atoms. The Bertz CT molecular complexity index is 1380. The summed E-state index contributed by atoms with van der Waals surface area (Å²) in [6.45, 7) is 4.19. The molecule has 9 heteroatoms. The van der Waals surface area contributed by atoms with Gasteiger partial charge in [0.2, 0.25) is 0 Å². The summed E-state index contributed by atoms with van der Waals surface area (Å²) in [5.41, 5.74) is 3.87. The average molecular weight is 565 g/mol. The summed E-state index contributed by atoms with van der Waals surface area (Å²) in [6.07, 6.45) is 1.28. The number of hydrogen-bond donors (Lipinski definition) is 1. The molecule has 1 saturated heterocycles. The number of aromatic hydroxyl groups is 1. The second-order valence-electron chi connectivity index (χ2n) is 9.81. The second-order valence-corrected chi connectivity index (χ2v) is 12.6. The number of rotatable bonds is 6. The fraction of sp³-hybridized carbons (Fsp3) is 0.357. The Labute approximate surface area is 226 Å². The maximum absolute atomic E-state index is 14.9. The summed E-state index contributed by atoms with van der Waals surface area (Å²) in [4.78, 5) is 0. The van der Waals surface area contributed by atoms with E-state index in [1.807, 2.05) is 32.0 Å². The van der Waals surface area contributed by atoms with E-state index in [9.17, 15) is 14.1 Å². The van der Waals surface area contributed by atoms with E-state index in [2.05, 4.69) is 0 Å². The van der Waals surface area contributed by atoms with Gasteiger partial charge in [-0.2, -0.15) is 0 Å². The monoisotopic (exact) mass is 564 g/mol. The van der Waals surface area contributed by atoms with Crippen molar-refractivity contribution in [1.29, 1.82) is 0 Å². The lowest BCUT2D eigenvalue weighted by atomic mass is 9.89. The van der Waals surface area contributed by atoms with E-state index in [0.29, 0.717) is 46.2 Å². The predicted octanol–water partition coefficient (Wildman–Crippen LogP) is 8.75. The van der Waals surface area contributed by atoms with E-state index in [0.717, 1.165) is 16.7 Å². The van der Waals surface area contributed by atoms with E-state index >= 15 is 0 Å². The van der Waals surface area contributed by atoms with Gasteiger partial charge in [-0.3, -0.25) is 9.09 Å². The molecule has 1 N–H and O–H groups in total. The van der Waals surface area contributed by atoms with Gasteiger partial charge in [-0.1, -0.05) is 49.2 Å². The minimum Gasteiger partial charge on any atom is -0.508 e. The van der Waals surface area contributed by atoms with Gasteiger partial charge in [0.1, 0.15) is 17.3 Å². The summed E-state index contributed by atoms with van der Waals surface area (Å²) in [5, 5.41) is 11.2. The molecule has 1 heterocycles. The number of hydrogen-bond acceptors (Lipinski definition) is 5. The van der Waals surface area contributed by atoms with Gasteiger partial charge in [0, 0.05) is 28.5 Å². The molecule has 196 valence electrons. The zero-order valence-corrected chi connectivity index (χ0v) is 23.0. The molecule has 1 aliphatic carbocycles. The standard InChI is InChI=1S/C28H28Cl2FO5P/c1-16(2)22-13-23(25(31)14-26(22)32)21-7-6-18-11-20(12-24(30)28(18)21)34-15-37(33)35-9-8-27(36-37)17-4-3-5-19(29)10-17/h3-5,10-14,16,21,27,32H,6-9,15H2,1-2H3/t21-,27+,37?/m1/s1. The summed E-state index contributed by atoms with van der Waals surface area (Å²) in [6, 6.07) is 13.7. The Morgan fingerprint density at radius 2 is 1.97 bits per heavy atom. The third-order valence-electron chi connectivity index (χ3n) is 6.95. The molecule has 5 nitrogen and oxygen atoms in total. The molecule has 1 fully saturated rings. The highest BCUT2D eigenvalue weighted by atomic mass is 35.5. The van der Waals surface area contributed by atoms with Crippen molar-refractivity contribution in [3.63, 3.8) is 0 Å². The largest absolute Gasteiger partial charge is 0.508 e. The van der Waals surface area contributed by atoms with Crippen molar-refractivity contribution in [2.45, 2.75) is 51.0 Å². The maximum atomic E-state index is 14.9. The SMILES string of the molecule is CC(C)c1cc([C@H]2CCc3cc(OCP4(=O)OCC[C@@H](c5cccc(Cl)c5)O4)cc(Cl)c32)c(F)cc1O. The minimum absolute atomic E-state index is 0.0380. The molecule has 1 aliphatic heterocycles. The fourth-order valence-corrected chi connectivity index (χ4v) is 7.20. The molecule has 1 unspecified atom stereocenters. The molecule has 3 aromatic carbocycles. The first kappa shape index (κ1) is 26.5. The molecule has 2 aliphatic rings. The van der Waals surface area contributed by atoms with Gasteiger partial charge < -0.3 is 14.4 Å². The van der Waals surface area contributed by atoms with Gasteiger partial charge in [-0.15, -0.1) is 0 Å². The summed E-state index contributed by atoms with van der Waals surface area (Å²) >= 11 is 12.8. The van der Waals surface area contributed by atoms with Gasteiger partial charge in [0.15, 0.2) is 6.35 Å². The van der Waals surface area contributed by atoms with Crippen LogP contribution in [0.25, 0.3) is 0 Å². The van der Waals surface area contributed by atoms with Gasteiger partial charge in [-0.25, -0.2) is 4.39 Å². The van der Waals surface area contributed by atoms with Crippen molar-refractivity contribution in [3.8, 4) is 11.5 Å². The first-order valence-corrected chi connectivity index (χ1v) is 14.8. The lowest BCUT2D eigenvalue weighted by molar-refractivity contribution is 0.0725. The molecular weight excluding hydrogens is 537 g/mol. The Kier molecular flexibility index (Phi) is 7.59. The quantitative estimate of drug-likeness (QED) is 0.303. The third kappa shape index (κ3) is 5.55. The van der Waals surface area contributed by atoms with Gasteiger partial charge >= 0.3 is 7.60 Å². The highest BCUT2D eigenvalue weighted by molar-refractivity contribution is 7.53. The molecule has 0 radical (unpaired) electrons. The topological polar surface area (TPSA) is 65.0 Å². The molecule has 0 amide bonds. The Morgan fingerprint density at radius 1 is 1.16 bits per heavy atom. The van der Waals surface area contributed by atoms with Crippen LogP contribution in [0.2, 0.25) is 10.0 Å². The molecule has 37 heavy (non-hydrogen) atoms. The zero-order chi connectivity index (χ0) is 26.3. The fourth-order valence-electron chi connectivity index (χ4n) is 5.14. The van der Waals surface area contributed by atoms with Crippen LogP contribution in [-0.2, 0) is 20.0 Å². The van der Waals surface area contributed by atoms with Gasteiger partial charge in [0.05, 0.1) is 12.7 Å². The van der Waals surface area contributed by atoms with Crippen molar-refractivity contribution in [1.82, 2.24) is 0 Å². The van der Waals surface area contributed by atoms with Crippen molar-refractivity contribution < 1.29 is 27.8 Å². The Morgan fingerprint density at radius 3 is 2.73 bits per heavy atom. The van der Waals surface area contributed by atoms with Crippen LogP contribution in [0.5, 0.6) is 11.5 Å². The van der Waals surface area contributed by atoms with Crippen LogP contribution < -0.4 is 4.74 Å². The summed E-state index contributed by atoms with van der Waals surface area (Å²) < 4.78 is 45.4. The van der Waals surface area contributed by atoms with Crippen LogP contribution in [0.4, 0.5) is 4.39 Å². The number of phenolic OH excluding ortho intramolecular Hbond substituents is 1. The Hall–Kier alpha value is -2.08. The number of halogens is 3. The maximum Gasteiger partial charge on any atom is 0.368 e. The van der Waals surface area contributed by atoms with Crippen LogP contribution in [-0.4, -0.2) is 18.1 Å². The van der Waals surface area contributed by atoms with Crippen molar-refractivity contribution in [2.75, 3.05) is 13.0 Å². The molecule has 3 aromatic rings. The smallest absolute Gasteiger partial charge is 0.368 e. The number of ether oxygens (including phenoxy) is 1. The predicted molar refractivity (Wildman–Crippen MR) is 143 cm³/mol. The van der Waals surface area contributed by atoms with E-state index in [-0.39, 0.29) is 30.5 Å². The van der Waals surface area contributed by atoms with E-state index in [1.165, 1.54) is 6.07 Å². The van der Waals surface area contributed by atoms with Crippen LogP contribution in [0.3, 0.4) is 0 Å². The number of benzene rings is 3. The molecule has 5 rings (SSSR count). The molecule has 3 atom stereocenters. The number of aryl methyl sites for hydroxylation is 1. The lowest BCUT2D eigenvalue weighted by Crippen LogP contribution is -2.17. The van der Waals surface area contributed by atoms with Crippen molar-refractivity contribution >= 4 is 30.8 Å². The average Bonchev–Trinajstić information content (AvgIpc) is 3.27. The first-order chi connectivity index (χ1) is 17.6. The molecule has 0 saturated carbocycles. The highest BCUT2D eigenvalue weighted by Gasteiger charge is 2.36. The summed E-state index contributed by atoms with van der Waals surface area (Å²) in [7, 11) is -3.52. The molecule has 0 aromatic heterocycles.